The van der Waals surface area contributed by atoms with Crippen molar-refractivity contribution < 1.29 is 14.7 Å². The Kier molecular flexibility index (Phi) is 5.30. The highest BCUT2D eigenvalue weighted by Gasteiger charge is 2.24. The highest BCUT2D eigenvalue weighted by molar-refractivity contribution is 5.97. The van der Waals surface area contributed by atoms with Gasteiger partial charge in [0.05, 0.1) is 0 Å². The Hall–Kier alpha value is -2.14. The van der Waals surface area contributed by atoms with Crippen LogP contribution in [0.1, 0.15) is 36.0 Å². The number of hydrogen-bond acceptors (Lipinski definition) is 3. The van der Waals surface area contributed by atoms with Crippen LogP contribution in [-0.2, 0) is 4.79 Å². The van der Waals surface area contributed by atoms with E-state index in [4.69, 9.17) is 0 Å². The van der Waals surface area contributed by atoms with Crippen LogP contribution in [0.25, 0.3) is 0 Å². The van der Waals surface area contributed by atoms with Crippen LogP contribution in [0.5, 0.6) is 0 Å². The minimum absolute atomic E-state index is 0.00173. The van der Waals surface area contributed by atoms with Gasteiger partial charge in [-0.3, -0.25) is 9.59 Å². The number of carbonyl (C=O) groups excluding carboxylic acids is 2. The SMILES string of the molecule is O=C(Nc1cccc(C(=O)N2CCC(CO)CC2)c1)C1CC=CC1. The monoisotopic (exact) mass is 328 g/mol. The number of nitrogens with one attached hydrogen (secondary N) is 1. The molecule has 5 heteroatoms. The Labute approximate surface area is 142 Å². The number of likely N-dealkylation sites (tertiary alicyclic amines) is 1. The van der Waals surface area contributed by atoms with Crippen molar-refractivity contribution in [3.63, 3.8) is 0 Å². The average molecular weight is 328 g/mol. The van der Waals surface area contributed by atoms with E-state index in [1.54, 1.807) is 18.2 Å². The quantitative estimate of drug-likeness (QED) is 0.834. The van der Waals surface area contributed by atoms with Gasteiger partial charge in [-0.15, -0.1) is 0 Å². The van der Waals surface area contributed by atoms with Crippen molar-refractivity contribution in [1.29, 1.82) is 0 Å². The summed E-state index contributed by atoms with van der Waals surface area (Å²) in [5.74, 6) is 0.306. The maximum atomic E-state index is 12.6. The second kappa shape index (κ2) is 7.62. The number of amides is 2. The molecule has 0 radical (unpaired) electrons. The molecule has 1 saturated heterocycles. The number of nitrogens with zero attached hydrogens (tertiary/aromatic N) is 1. The van der Waals surface area contributed by atoms with Gasteiger partial charge in [-0.05, 0) is 49.8 Å². The molecule has 1 aromatic rings. The van der Waals surface area contributed by atoms with E-state index in [0.29, 0.717) is 30.3 Å². The van der Waals surface area contributed by atoms with Crippen LogP contribution >= 0.6 is 0 Å². The van der Waals surface area contributed by atoms with Gasteiger partial charge in [-0.25, -0.2) is 0 Å². The van der Waals surface area contributed by atoms with E-state index in [9.17, 15) is 14.7 Å². The zero-order chi connectivity index (χ0) is 16.9. The van der Waals surface area contributed by atoms with Crippen molar-refractivity contribution in [2.45, 2.75) is 25.7 Å². The molecule has 0 spiro atoms. The second-order valence-electron chi connectivity index (χ2n) is 6.63. The summed E-state index contributed by atoms with van der Waals surface area (Å²) >= 11 is 0. The largest absolute Gasteiger partial charge is 0.396 e. The summed E-state index contributed by atoms with van der Waals surface area (Å²) in [4.78, 5) is 26.7. The normalized spacial score (nSPS) is 18.8. The van der Waals surface area contributed by atoms with Gasteiger partial charge in [0.1, 0.15) is 0 Å². The number of anilines is 1. The lowest BCUT2D eigenvalue weighted by molar-refractivity contribution is -0.119. The third-order valence-electron chi connectivity index (χ3n) is 4.92. The molecule has 1 aliphatic carbocycles. The highest BCUT2D eigenvalue weighted by Crippen LogP contribution is 2.22. The standard InChI is InChI=1S/C19H24N2O3/c22-13-14-8-10-21(11-9-14)19(24)16-6-3-7-17(12-16)20-18(23)15-4-1-2-5-15/h1-3,6-7,12,14-15,22H,4-5,8-11,13H2,(H,20,23). The Morgan fingerprint density at radius 1 is 1.17 bits per heavy atom. The van der Waals surface area contributed by atoms with E-state index < -0.39 is 0 Å². The van der Waals surface area contributed by atoms with Crippen LogP contribution in [0, 0.1) is 11.8 Å². The molecular formula is C19H24N2O3. The molecular weight excluding hydrogens is 304 g/mol. The van der Waals surface area contributed by atoms with Crippen molar-refractivity contribution in [2.24, 2.45) is 11.8 Å². The first-order chi connectivity index (χ1) is 11.7. The third kappa shape index (κ3) is 3.85. The third-order valence-corrected chi connectivity index (χ3v) is 4.92. The molecule has 1 heterocycles. The first kappa shape index (κ1) is 16.7. The molecule has 2 N–H and O–H groups in total. The first-order valence-corrected chi connectivity index (χ1v) is 8.63. The van der Waals surface area contributed by atoms with Gasteiger partial charge in [0.15, 0.2) is 0 Å². The zero-order valence-electron chi connectivity index (χ0n) is 13.8. The zero-order valence-corrected chi connectivity index (χ0v) is 13.8. The maximum Gasteiger partial charge on any atom is 0.253 e. The Morgan fingerprint density at radius 3 is 2.54 bits per heavy atom. The van der Waals surface area contributed by atoms with Crippen LogP contribution in [-0.4, -0.2) is 41.5 Å². The number of hydrogen-bond donors (Lipinski definition) is 2. The Balaban J connectivity index is 1.62. The summed E-state index contributed by atoms with van der Waals surface area (Å²) in [5, 5.41) is 12.1. The molecule has 2 amide bonds. The lowest BCUT2D eigenvalue weighted by atomic mass is 9.97. The van der Waals surface area contributed by atoms with Crippen LogP contribution in [0.4, 0.5) is 5.69 Å². The van der Waals surface area contributed by atoms with E-state index in [0.717, 1.165) is 25.7 Å². The van der Waals surface area contributed by atoms with Crippen molar-refractivity contribution in [3.8, 4) is 0 Å². The van der Waals surface area contributed by atoms with Gasteiger partial charge in [0.25, 0.3) is 5.91 Å². The molecule has 0 saturated carbocycles. The van der Waals surface area contributed by atoms with Gasteiger partial charge in [-0.1, -0.05) is 18.2 Å². The van der Waals surface area contributed by atoms with E-state index in [2.05, 4.69) is 5.32 Å². The predicted octanol–water partition coefficient (Wildman–Crippen LogP) is 2.44. The molecule has 128 valence electrons. The van der Waals surface area contributed by atoms with E-state index in [-0.39, 0.29) is 24.3 Å². The minimum atomic E-state index is -0.00924. The summed E-state index contributed by atoms with van der Waals surface area (Å²) in [6.45, 7) is 1.54. The molecule has 0 aromatic heterocycles. The number of piperidine rings is 1. The number of aliphatic hydroxyl groups excluding tert-OH is 1. The molecule has 0 atom stereocenters. The molecule has 1 aliphatic heterocycles. The summed E-state index contributed by atoms with van der Waals surface area (Å²) in [6, 6.07) is 7.15. The lowest BCUT2D eigenvalue weighted by Gasteiger charge is -2.31. The van der Waals surface area contributed by atoms with Crippen molar-refractivity contribution in [2.75, 3.05) is 25.0 Å². The molecule has 0 bridgehead atoms. The average Bonchev–Trinajstić information content (AvgIpc) is 3.16. The number of aliphatic hydroxyl groups is 1. The summed E-state index contributed by atoms with van der Waals surface area (Å²) < 4.78 is 0. The van der Waals surface area contributed by atoms with Gasteiger partial charge < -0.3 is 15.3 Å². The fourth-order valence-electron chi connectivity index (χ4n) is 3.31. The van der Waals surface area contributed by atoms with Gasteiger partial charge in [0, 0.05) is 36.9 Å². The van der Waals surface area contributed by atoms with Crippen molar-refractivity contribution >= 4 is 17.5 Å². The van der Waals surface area contributed by atoms with E-state index >= 15 is 0 Å². The van der Waals surface area contributed by atoms with Crippen LogP contribution in [0.2, 0.25) is 0 Å². The molecule has 24 heavy (non-hydrogen) atoms. The molecule has 3 rings (SSSR count). The van der Waals surface area contributed by atoms with Crippen LogP contribution in [0.3, 0.4) is 0 Å². The van der Waals surface area contributed by atoms with Crippen molar-refractivity contribution in [3.05, 3.63) is 42.0 Å². The predicted molar refractivity (Wildman–Crippen MR) is 92.6 cm³/mol. The topological polar surface area (TPSA) is 69.6 Å². The summed E-state index contributed by atoms with van der Waals surface area (Å²) in [6.07, 6.45) is 7.30. The van der Waals surface area contributed by atoms with Crippen LogP contribution < -0.4 is 5.32 Å². The molecule has 1 fully saturated rings. The Bertz CT molecular complexity index is 625. The summed E-state index contributed by atoms with van der Waals surface area (Å²) in [7, 11) is 0. The molecule has 1 aromatic carbocycles. The minimum Gasteiger partial charge on any atom is -0.396 e. The highest BCUT2D eigenvalue weighted by atomic mass is 16.3. The fraction of sp³-hybridized carbons (Fsp3) is 0.474. The number of benzene rings is 1. The second-order valence-corrected chi connectivity index (χ2v) is 6.63. The van der Waals surface area contributed by atoms with Gasteiger partial charge in [0.2, 0.25) is 5.91 Å². The molecule has 5 nitrogen and oxygen atoms in total. The molecule has 2 aliphatic rings. The fourth-order valence-corrected chi connectivity index (χ4v) is 3.31. The molecule has 0 unspecified atom stereocenters. The number of rotatable bonds is 4. The summed E-state index contributed by atoms with van der Waals surface area (Å²) in [5.41, 5.74) is 1.27. The van der Waals surface area contributed by atoms with Crippen LogP contribution in [0.15, 0.2) is 36.4 Å². The van der Waals surface area contributed by atoms with E-state index in [1.165, 1.54) is 0 Å². The number of carbonyl (C=O) groups is 2. The van der Waals surface area contributed by atoms with Gasteiger partial charge >= 0.3 is 0 Å². The first-order valence-electron chi connectivity index (χ1n) is 8.63. The van der Waals surface area contributed by atoms with Crippen molar-refractivity contribution in [1.82, 2.24) is 4.90 Å². The van der Waals surface area contributed by atoms with E-state index in [1.807, 2.05) is 23.1 Å². The number of allylic oxidation sites excluding steroid dienone is 2. The van der Waals surface area contributed by atoms with Gasteiger partial charge in [-0.2, -0.15) is 0 Å². The smallest absolute Gasteiger partial charge is 0.253 e. The Morgan fingerprint density at radius 2 is 1.88 bits per heavy atom. The maximum absolute atomic E-state index is 12.6. The lowest BCUT2D eigenvalue weighted by Crippen LogP contribution is -2.39.